The van der Waals surface area contributed by atoms with Gasteiger partial charge in [-0.3, -0.25) is 4.79 Å². The molecule has 2 aromatic carbocycles. The molecule has 5 nitrogen and oxygen atoms in total. The SMILES string of the molecule is Cc1ccc(-c2nnc(SCC(=O)N[C@@H](C)c3ccccc3)o2)cc1C. The van der Waals surface area contributed by atoms with E-state index in [4.69, 9.17) is 4.42 Å². The molecule has 0 aliphatic rings. The third-order valence-corrected chi connectivity index (χ3v) is 4.98. The summed E-state index contributed by atoms with van der Waals surface area (Å²) >= 11 is 1.24. The van der Waals surface area contributed by atoms with E-state index in [0.29, 0.717) is 11.1 Å². The number of thioether (sulfide) groups is 1. The molecule has 1 heterocycles. The van der Waals surface area contributed by atoms with Crippen LogP contribution in [0.3, 0.4) is 0 Å². The molecule has 0 aliphatic heterocycles. The minimum Gasteiger partial charge on any atom is -0.411 e. The van der Waals surface area contributed by atoms with Crippen molar-refractivity contribution >= 4 is 17.7 Å². The zero-order valence-electron chi connectivity index (χ0n) is 15.0. The van der Waals surface area contributed by atoms with Crippen LogP contribution in [0, 0.1) is 13.8 Å². The van der Waals surface area contributed by atoms with Crippen LogP contribution in [0.25, 0.3) is 11.5 Å². The molecule has 0 unspecified atom stereocenters. The Kier molecular flexibility index (Phi) is 5.73. The van der Waals surface area contributed by atoms with E-state index in [0.717, 1.165) is 11.1 Å². The van der Waals surface area contributed by atoms with E-state index in [2.05, 4.69) is 22.4 Å². The highest BCUT2D eigenvalue weighted by Gasteiger charge is 2.13. The zero-order chi connectivity index (χ0) is 18.5. The summed E-state index contributed by atoms with van der Waals surface area (Å²) in [5.41, 5.74) is 4.34. The van der Waals surface area contributed by atoms with Gasteiger partial charge in [-0.15, -0.1) is 10.2 Å². The number of nitrogens with one attached hydrogen (secondary N) is 1. The number of rotatable bonds is 6. The van der Waals surface area contributed by atoms with Crippen LogP contribution in [-0.2, 0) is 4.79 Å². The van der Waals surface area contributed by atoms with Gasteiger partial charge in [0.05, 0.1) is 11.8 Å². The van der Waals surface area contributed by atoms with Gasteiger partial charge in [0.15, 0.2) is 0 Å². The molecule has 134 valence electrons. The van der Waals surface area contributed by atoms with Crippen LogP contribution in [0.4, 0.5) is 0 Å². The van der Waals surface area contributed by atoms with Crippen molar-refractivity contribution in [2.24, 2.45) is 0 Å². The average Bonchev–Trinajstić information content (AvgIpc) is 3.12. The summed E-state index contributed by atoms with van der Waals surface area (Å²) in [7, 11) is 0. The van der Waals surface area contributed by atoms with Crippen LogP contribution in [0.1, 0.15) is 29.7 Å². The van der Waals surface area contributed by atoms with Crippen LogP contribution < -0.4 is 5.32 Å². The number of benzene rings is 2. The molecule has 1 N–H and O–H groups in total. The van der Waals surface area contributed by atoms with Gasteiger partial charge < -0.3 is 9.73 Å². The van der Waals surface area contributed by atoms with Gasteiger partial charge >= 0.3 is 0 Å². The summed E-state index contributed by atoms with van der Waals surface area (Å²) in [6, 6.07) is 15.8. The van der Waals surface area contributed by atoms with E-state index in [1.54, 1.807) is 0 Å². The fourth-order valence-electron chi connectivity index (χ4n) is 2.49. The lowest BCUT2D eigenvalue weighted by Crippen LogP contribution is -2.28. The Bertz CT molecular complexity index is 893. The van der Waals surface area contributed by atoms with Gasteiger partial charge in [0.2, 0.25) is 11.8 Å². The van der Waals surface area contributed by atoms with Crippen LogP contribution in [0.5, 0.6) is 0 Å². The average molecular weight is 367 g/mol. The van der Waals surface area contributed by atoms with Gasteiger partial charge in [-0.2, -0.15) is 0 Å². The highest BCUT2D eigenvalue weighted by molar-refractivity contribution is 7.99. The minimum atomic E-state index is -0.0720. The summed E-state index contributed by atoms with van der Waals surface area (Å²) in [4.78, 5) is 12.1. The Labute approximate surface area is 157 Å². The summed E-state index contributed by atoms with van der Waals surface area (Å²) in [6.45, 7) is 6.06. The Hall–Kier alpha value is -2.60. The van der Waals surface area contributed by atoms with Gasteiger partial charge in [-0.25, -0.2) is 0 Å². The molecule has 1 aromatic heterocycles. The van der Waals surface area contributed by atoms with Crippen molar-refractivity contribution in [2.45, 2.75) is 32.0 Å². The van der Waals surface area contributed by atoms with Crippen molar-refractivity contribution in [3.63, 3.8) is 0 Å². The molecule has 1 atom stereocenters. The topological polar surface area (TPSA) is 68.0 Å². The molecule has 0 saturated heterocycles. The Morgan fingerprint density at radius 3 is 2.62 bits per heavy atom. The fraction of sp³-hybridized carbons (Fsp3) is 0.250. The quantitative estimate of drug-likeness (QED) is 0.657. The van der Waals surface area contributed by atoms with Gasteiger partial charge in [-0.05, 0) is 49.6 Å². The second kappa shape index (κ2) is 8.19. The number of carbonyl (C=O) groups excluding carboxylic acids is 1. The lowest BCUT2D eigenvalue weighted by atomic mass is 10.1. The summed E-state index contributed by atoms with van der Waals surface area (Å²) in [5, 5.41) is 11.5. The van der Waals surface area contributed by atoms with Gasteiger partial charge in [-0.1, -0.05) is 48.2 Å². The van der Waals surface area contributed by atoms with Gasteiger partial charge in [0, 0.05) is 5.56 Å². The van der Waals surface area contributed by atoms with E-state index in [-0.39, 0.29) is 17.7 Å². The molecule has 0 saturated carbocycles. The summed E-state index contributed by atoms with van der Waals surface area (Å²) in [6.07, 6.45) is 0. The number of amides is 1. The Morgan fingerprint density at radius 1 is 1.12 bits per heavy atom. The third kappa shape index (κ3) is 4.52. The molecule has 0 spiro atoms. The number of aryl methyl sites for hydroxylation is 2. The van der Waals surface area contributed by atoms with Crippen LogP contribution in [-0.4, -0.2) is 21.9 Å². The molecule has 6 heteroatoms. The standard InChI is InChI=1S/C20H21N3O2S/c1-13-9-10-17(11-14(13)2)19-22-23-20(25-19)26-12-18(24)21-15(3)16-7-5-4-6-8-16/h4-11,15H,12H2,1-3H3,(H,21,24)/t15-/m0/s1. The van der Waals surface area contributed by atoms with E-state index >= 15 is 0 Å². The molecule has 0 radical (unpaired) electrons. The van der Waals surface area contributed by atoms with Crippen LogP contribution >= 0.6 is 11.8 Å². The first-order valence-electron chi connectivity index (χ1n) is 8.41. The first-order chi connectivity index (χ1) is 12.5. The Balaban J connectivity index is 1.56. The number of hydrogen-bond donors (Lipinski definition) is 1. The van der Waals surface area contributed by atoms with E-state index in [9.17, 15) is 4.79 Å². The maximum absolute atomic E-state index is 12.1. The molecule has 0 aliphatic carbocycles. The van der Waals surface area contributed by atoms with Crippen molar-refractivity contribution in [3.8, 4) is 11.5 Å². The van der Waals surface area contributed by atoms with Crippen molar-refractivity contribution in [3.05, 3.63) is 65.2 Å². The lowest BCUT2D eigenvalue weighted by molar-refractivity contribution is -0.119. The monoisotopic (exact) mass is 367 g/mol. The number of nitrogens with zero attached hydrogens (tertiary/aromatic N) is 2. The van der Waals surface area contributed by atoms with Crippen molar-refractivity contribution < 1.29 is 9.21 Å². The summed E-state index contributed by atoms with van der Waals surface area (Å²) < 4.78 is 5.67. The molecule has 0 bridgehead atoms. The molecule has 0 fully saturated rings. The van der Waals surface area contributed by atoms with Gasteiger partial charge in [0.25, 0.3) is 5.22 Å². The number of aromatic nitrogens is 2. The van der Waals surface area contributed by atoms with Crippen molar-refractivity contribution in [1.29, 1.82) is 0 Å². The predicted molar refractivity (Wildman–Crippen MR) is 103 cm³/mol. The van der Waals surface area contributed by atoms with E-state index in [1.807, 2.05) is 62.4 Å². The minimum absolute atomic E-state index is 0.0434. The largest absolute Gasteiger partial charge is 0.411 e. The smallest absolute Gasteiger partial charge is 0.277 e. The number of carbonyl (C=O) groups is 1. The highest BCUT2D eigenvalue weighted by atomic mass is 32.2. The van der Waals surface area contributed by atoms with Crippen LogP contribution in [0.15, 0.2) is 58.2 Å². The second-order valence-corrected chi connectivity index (χ2v) is 7.09. The fourth-order valence-corrected chi connectivity index (χ4v) is 3.07. The normalized spacial score (nSPS) is 12.0. The molecule has 3 rings (SSSR count). The summed E-state index contributed by atoms with van der Waals surface area (Å²) in [5.74, 6) is 0.622. The molecule has 1 amide bonds. The lowest BCUT2D eigenvalue weighted by Gasteiger charge is -2.13. The Morgan fingerprint density at radius 2 is 1.88 bits per heavy atom. The maximum atomic E-state index is 12.1. The highest BCUT2D eigenvalue weighted by Crippen LogP contribution is 2.24. The molecular weight excluding hydrogens is 346 g/mol. The predicted octanol–water partition coefficient (Wildman–Crippen LogP) is 4.32. The van der Waals surface area contributed by atoms with Gasteiger partial charge in [0.1, 0.15) is 0 Å². The maximum Gasteiger partial charge on any atom is 0.277 e. The van der Waals surface area contributed by atoms with Crippen molar-refractivity contribution in [1.82, 2.24) is 15.5 Å². The molecule has 26 heavy (non-hydrogen) atoms. The third-order valence-electron chi connectivity index (χ3n) is 4.16. The van der Waals surface area contributed by atoms with E-state index < -0.39 is 0 Å². The molecule has 3 aromatic rings. The first-order valence-corrected chi connectivity index (χ1v) is 9.39. The second-order valence-electron chi connectivity index (χ2n) is 6.16. The zero-order valence-corrected chi connectivity index (χ0v) is 15.8. The first kappa shape index (κ1) is 18.2. The van der Waals surface area contributed by atoms with Crippen LogP contribution in [0.2, 0.25) is 0 Å². The van der Waals surface area contributed by atoms with E-state index in [1.165, 1.54) is 22.9 Å². The van der Waals surface area contributed by atoms with Crippen molar-refractivity contribution in [2.75, 3.05) is 5.75 Å². The molecular formula is C20H21N3O2S. The number of hydrogen-bond acceptors (Lipinski definition) is 5.